The van der Waals surface area contributed by atoms with E-state index in [1.807, 2.05) is 41.3 Å². The van der Waals surface area contributed by atoms with E-state index < -0.39 is 0 Å². The summed E-state index contributed by atoms with van der Waals surface area (Å²) in [6, 6.07) is 14.1. The van der Waals surface area contributed by atoms with Crippen LogP contribution in [0, 0.1) is 0 Å². The van der Waals surface area contributed by atoms with Gasteiger partial charge in [0.2, 0.25) is 0 Å². The van der Waals surface area contributed by atoms with Crippen LogP contribution in [-0.4, -0.2) is 37.1 Å². The van der Waals surface area contributed by atoms with Gasteiger partial charge in [0.25, 0.3) is 5.91 Å². The maximum Gasteiger partial charge on any atom is 0.278 e. The van der Waals surface area contributed by atoms with Crippen LogP contribution >= 0.6 is 11.6 Å². The number of ether oxygens (including phenoxy) is 2. The van der Waals surface area contributed by atoms with Crippen molar-refractivity contribution in [2.45, 2.75) is 38.3 Å². The van der Waals surface area contributed by atoms with Gasteiger partial charge in [0.15, 0.2) is 18.0 Å². The number of quaternary nitrogens is 1. The van der Waals surface area contributed by atoms with Gasteiger partial charge in [-0.2, -0.15) is 0 Å². The molecule has 2 aliphatic rings. The van der Waals surface area contributed by atoms with Crippen molar-refractivity contribution in [1.29, 1.82) is 0 Å². The van der Waals surface area contributed by atoms with Crippen LogP contribution in [0.3, 0.4) is 0 Å². The van der Waals surface area contributed by atoms with Crippen LogP contribution < -0.4 is 14.8 Å². The molecule has 1 saturated heterocycles. The van der Waals surface area contributed by atoms with Crippen LogP contribution in [0.5, 0.6) is 11.5 Å². The second-order valence-corrected chi connectivity index (χ2v) is 8.16. The smallest absolute Gasteiger partial charge is 0.278 e. The highest BCUT2D eigenvalue weighted by Gasteiger charge is 2.31. The monoisotopic (exact) mass is 415 g/mol. The van der Waals surface area contributed by atoms with E-state index in [2.05, 4.69) is 18.3 Å². The Morgan fingerprint density at radius 3 is 2.79 bits per heavy atom. The standard InChI is InChI=1S/C23H27ClN2O3/c1-16(18-6-2-3-7-19(18)24)25-15-23(27)26-11-4-8-20(26)17-9-10-21-22(14-17)29-13-5-12-28-21/h2-3,6-7,9-10,14,16,20,25H,4-5,8,11-13,15H2,1H3/p+1/t16-,20+/m0/s1. The van der Waals surface area contributed by atoms with Gasteiger partial charge in [-0.25, -0.2) is 0 Å². The van der Waals surface area contributed by atoms with Gasteiger partial charge in [0.05, 0.1) is 19.3 Å². The number of benzene rings is 2. The van der Waals surface area contributed by atoms with Gasteiger partial charge in [-0.15, -0.1) is 0 Å². The minimum atomic E-state index is 0.101. The van der Waals surface area contributed by atoms with E-state index in [0.29, 0.717) is 19.8 Å². The largest absolute Gasteiger partial charge is 0.490 e. The number of halogens is 1. The first-order valence-corrected chi connectivity index (χ1v) is 10.8. The lowest BCUT2D eigenvalue weighted by Gasteiger charge is -2.25. The molecule has 2 heterocycles. The molecule has 0 aromatic heterocycles. The molecular weight excluding hydrogens is 388 g/mol. The first-order chi connectivity index (χ1) is 14.1. The second kappa shape index (κ2) is 9.06. The molecule has 4 rings (SSSR count). The number of hydrogen-bond acceptors (Lipinski definition) is 3. The molecule has 0 radical (unpaired) electrons. The lowest BCUT2D eigenvalue weighted by atomic mass is 10.0. The highest BCUT2D eigenvalue weighted by atomic mass is 35.5. The average Bonchev–Trinajstić information content (AvgIpc) is 3.11. The maximum atomic E-state index is 13.0. The summed E-state index contributed by atoms with van der Waals surface area (Å²) in [7, 11) is 0. The molecule has 0 spiro atoms. The van der Waals surface area contributed by atoms with Gasteiger partial charge in [-0.3, -0.25) is 4.79 Å². The number of carbonyl (C=O) groups excluding carboxylic acids is 1. The summed E-state index contributed by atoms with van der Waals surface area (Å²) in [5.74, 6) is 1.75. The van der Waals surface area contributed by atoms with Crippen molar-refractivity contribution in [2.24, 2.45) is 0 Å². The fourth-order valence-corrected chi connectivity index (χ4v) is 4.47. The topological polar surface area (TPSA) is 55.4 Å². The Kier molecular flexibility index (Phi) is 6.26. The van der Waals surface area contributed by atoms with Gasteiger partial charge >= 0.3 is 0 Å². The third kappa shape index (κ3) is 4.51. The third-order valence-corrected chi connectivity index (χ3v) is 6.12. The van der Waals surface area contributed by atoms with Gasteiger partial charge in [-0.05, 0) is 43.5 Å². The van der Waals surface area contributed by atoms with E-state index in [1.54, 1.807) is 0 Å². The van der Waals surface area contributed by atoms with Crippen LogP contribution in [0.25, 0.3) is 0 Å². The molecule has 2 aliphatic heterocycles. The van der Waals surface area contributed by atoms with Gasteiger partial charge < -0.3 is 19.7 Å². The molecule has 2 aromatic carbocycles. The minimum Gasteiger partial charge on any atom is -0.490 e. The predicted octanol–water partition coefficient (Wildman–Crippen LogP) is 3.49. The number of fused-ring (bicyclic) bond motifs is 1. The zero-order valence-corrected chi connectivity index (χ0v) is 17.5. The summed E-state index contributed by atoms with van der Waals surface area (Å²) < 4.78 is 11.6. The number of carbonyl (C=O) groups is 1. The van der Waals surface area contributed by atoms with Crippen molar-refractivity contribution in [1.82, 2.24) is 4.90 Å². The average molecular weight is 416 g/mol. The molecule has 2 N–H and O–H groups in total. The lowest BCUT2D eigenvalue weighted by Crippen LogP contribution is -2.87. The summed E-state index contributed by atoms with van der Waals surface area (Å²) in [4.78, 5) is 15.0. The number of likely N-dealkylation sites (tertiary alicyclic amines) is 1. The number of hydrogen-bond donors (Lipinski definition) is 1. The quantitative estimate of drug-likeness (QED) is 0.813. The molecule has 0 aliphatic carbocycles. The zero-order chi connectivity index (χ0) is 20.2. The van der Waals surface area contributed by atoms with Crippen molar-refractivity contribution < 1.29 is 19.6 Å². The van der Waals surface area contributed by atoms with Crippen molar-refractivity contribution >= 4 is 17.5 Å². The molecule has 0 unspecified atom stereocenters. The van der Waals surface area contributed by atoms with E-state index in [0.717, 1.165) is 53.5 Å². The summed E-state index contributed by atoms with van der Waals surface area (Å²) >= 11 is 6.30. The Morgan fingerprint density at radius 1 is 1.17 bits per heavy atom. The van der Waals surface area contributed by atoms with E-state index >= 15 is 0 Å². The first kappa shape index (κ1) is 20.0. The zero-order valence-electron chi connectivity index (χ0n) is 16.8. The van der Waals surface area contributed by atoms with Crippen LogP contribution in [0.2, 0.25) is 5.02 Å². The number of nitrogens with two attached hydrogens (primary N) is 1. The Bertz CT molecular complexity index is 873. The summed E-state index contributed by atoms with van der Waals surface area (Å²) in [6.07, 6.45) is 2.88. The molecule has 6 heteroatoms. The molecule has 1 fully saturated rings. The summed E-state index contributed by atoms with van der Waals surface area (Å²) in [5.41, 5.74) is 2.18. The number of rotatable bonds is 5. The van der Waals surface area contributed by atoms with Crippen LogP contribution in [0.1, 0.15) is 49.4 Å². The van der Waals surface area contributed by atoms with Crippen LogP contribution in [0.4, 0.5) is 0 Å². The lowest BCUT2D eigenvalue weighted by molar-refractivity contribution is -0.683. The van der Waals surface area contributed by atoms with Gasteiger partial charge in [-0.1, -0.05) is 35.9 Å². The van der Waals surface area contributed by atoms with E-state index in [-0.39, 0.29) is 18.0 Å². The fourth-order valence-electron chi connectivity index (χ4n) is 4.17. The Balaban J connectivity index is 1.42. The molecule has 5 nitrogen and oxygen atoms in total. The Morgan fingerprint density at radius 2 is 1.97 bits per heavy atom. The molecule has 2 atom stereocenters. The van der Waals surface area contributed by atoms with Crippen molar-refractivity contribution in [3.05, 3.63) is 58.6 Å². The first-order valence-electron chi connectivity index (χ1n) is 10.4. The van der Waals surface area contributed by atoms with Gasteiger partial charge in [0, 0.05) is 23.6 Å². The van der Waals surface area contributed by atoms with Crippen molar-refractivity contribution in [3.63, 3.8) is 0 Å². The molecule has 2 aromatic rings. The molecule has 154 valence electrons. The summed E-state index contributed by atoms with van der Waals surface area (Å²) in [5, 5.41) is 2.81. The SMILES string of the molecule is C[C@H]([NH2+]CC(=O)N1CCC[C@@H]1c1ccc2c(c1)OCCCO2)c1ccccc1Cl. The second-order valence-electron chi connectivity index (χ2n) is 7.75. The predicted molar refractivity (Wildman–Crippen MR) is 112 cm³/mol. The Labute approximate surface area is 176 Å². The third-order valence-electron chi connectivity index (χ3n) is 5.77. The molecule has 0 saturated carbocycles. The minimum absolute atomic E-state index is 0.101. The maximum absolute atomic E-state index is 13.0. The van der Waals surface area contributed by atoms with E-state index in [4.69, 9.17) is 21.1 Å². The van der Waals surface area contributed by atoms with Crippen molar-refractivity contribution in [2.75, 3.05) is 26.3 Å². The molecule has 29 heavy (non-hydrogen) atoms. The van der Waals surface area contributed by atoms with Crippen molar-refractivity contribution in [3.8, 4) is 11.5 Å². The highest BCUT2D eigenvalue weighted by molar-refractivity contribution is 6.31. The van der Waals surface area contributed by atoms with Gasteiger partial charge in [0.1, 0.15) is 6.04 Å². The van der Waals surface area contributed by atoms with E-state index in [1.165, 1.54) is 0 Å². The van der Waals surface area contributed by atoms with Crippen LogP contribution in [0.15, 0.2) is 42.5 Å². The fraction of sp³-hybridized carbons (Fsp3) is 0.435. The summed E-state index contributed by atoms with van der Waals surface area (Å²) in [6.45, 7) is 4.64. The Hall–Kier alpha value is -2.24. The van der Waals surface area contributed by atoms with E-state index in [9.17, 15) is 4.79 Å². The van der Waals surface area contributed by atoms with Crippen LogP contribution in [-0.2, 0) is 4.79 Å². The molecular formula is C23H28ClN2O3+. The molecule has 0 bridgehead atoms. The number of amides is 1. The normalized spacial score (nSPS) is 19.7. The molecule has 1 amide bonds. The number of nitrogens with zero attached hydrogens (tertiary/aromatic N) is 1. The highest BCUT2D eigenvalue weighted by Crippen LogP contribution is 2.37.